The van der Waals surface area contributed by atoms with Crippen LogP contribution in [0, 0.1) is 5.92 Å². The fourth-order valence-electron chi connectivity index (χ4n) is 1.82. The number of benzene rings is 1. The van der Waals surface area contributed by atoms with Gasteiger partial charge in [-0.15, -0.1) is 0 Å². The first kappa shape index (κ1) is 13.5. The maximum Gasteiger partial charge on any atom is 0.0454 e. The Morgan fingerprint density at radius 3 is 2.56 bits per heavy atom. The molecule has 0 saturated carbocycles. The first-order valence-corrected chi connectivity index (χ1v) is 6.06. The molecule has 0 spiro atoms. The molecule has 1 aromatic rings. The predicted octanol–water partition coefficient (Wildman–Crippen LogP) is 2.89. The highest BCUT2D eigenvalue weighted by Crippen LogP contribution is 2.19. The number of rotatable bonds is 5. The lowest BCUT2D eigenvalue weighted by Crippen LogP contribution is -2.22. The summed E-state index contributed by atoms with van der Waals surface area (Å²) < 4.78 is 0. The standard InChI is InChI=1S/C13H21ClN2/c1-10(2)8-16(3)9-12-5-4-11(7-15)6-13(12)14/h4-6,10H,7-9,15H2,1-3H3. The van der Waals surface area contributed by atoms with Gasteiger partial charge in [-0.1, -0.05) is 37.6 Å². The Morgan fingerprint density at radius 1 is 1.38 bits per heavy atom. The molecule has 0 saturated heterocycles. The Balaban J connectivity index is 2.66. The van der Waals surface area contributed by atoms with Crippen molar-refractivity contribution in [3.63, 3.8) is 0 Å². The number of hydrogen-bond acceptors (Lipinski definition) is 2. The van der Waals surface area contributed by atoms with Gasteiger partial charge in [-0.05, 0) is 30.2 Å². The summed E-state index contributed by atoms with van der Waals surface area (Å²) in [5, 5.41) is 0.818. The van der Waals surface area contributed by atoms with E-state index in [-0.39, 0.29) is 0 Å². The van der Waals surface area contributed by atoms with Crippen molar-refractivity contribution in [3.8, 4) is 0 Å². The zero-order valence-corrected chi connectivity index (χ0v) is 11.1. The van der Waals surface area contributed by atoms with Crippen molar-refractivity contribution in [2.24, 2.45) is 11.7 Å². The third kappa shape index (κ3) is 4.12. The van der Waals surface area contributed by atoms with Gasteiger partial charge >= 0.3 is 0 Å². The molecule has 16 heavy (non-hydrogen) atoms. The average Bonchev–Trinajstić information content (AvgIpc) is 2.19. The molecule has 0 radical (unpaired) electrons. The van der Waals surface area contributed by atoms with E-state index in [0.29, 0.717) is 12.5 Å². The molecule has 3 heteroatoms. The summed E-state index contributed by atoms with van der Waals surface area (Å²) in [5.74, 6) is 0.673. The van der Waals surface area contributed by atoms with Gasteiger partial charge in [0.1, 0.15) is 0 Å². The number of nitrogens with zero attached hydrogens (tertiary/aromatic N) is 1. The fourth-order valence-corrected chi connectivity index (χ4v) is 2.09. The van der Waals surface area contributed by atoms with E-state index in [2.05, 4.69) is 31.9 Å². The maximum atomic E-state index is 6.21. The van der Waals surface area contributed by atoms with E-state index in [1.807, 2.05) is 12.1 Å². The molecule has 0 aromatic heterocycles. The summed E-state index contributed by atoms with van der Waals surface area (Å²) in [6.07, 6.45) is 0. The molecule has 2 nitrogen and oxygen atoms in total. The van der Waals surface area contributed by atoms with Crippen LogP contribution < -0.4 is 5.73 Å². The lowest BCUT2D eigenvalue weighted by atomic mass is 10.1. The normalized spacial score (nSPS) is 11.4. The van der Waals surface area contributed by atoms with Gasteiger partial charge in [-0.2, -0.15) is 0 Å². The fraction of sp³-hybridized carbons (Fsp3) is 0.538. The molecular formula is C13H21ClN2. The van der Waals surface area contributed by atoms with Crippen LogP contribution in [0.1, 0.15) is 25.0 Å². The Labute approximate surface area is 103 Å². The van der Waals surface area contributed by atoms with Crippen LogP contribution in [0.15, 0.2) is 18.2 Å². The molecule has 0 aliphatic heterocycles. The van der Waals surface area contributed by atoms with Crippen LogP contribution >= 0.6 is 11.6 Å². The van der Waals surface area contributed by atoms with Crippen LogP contribution in [0.4, 0.5) is 0 Å². The molecule has 0 aliphatic rings. The van der Waals surface area contributed by atoms with E-state index in [9.17, 15) is 0 Å². The summed E-state index contributed by atoms with van der Waals surface area (Å²) in [6.45, 7) is 6.95. The van der Waals surface area contributed by atoms with Gasteiger partial charge in [0.2, 0.25) is 0 Å². The lowest BCUT2D eigenvalue weighted by molar-refractivity contribution is 0.288. The van der Waals surface area contributed by atoms with Crippen molar-refractivity contribution in [1.29, 1.82) is 0 Å². The number of hydrogen-bond donors (Lipinski definition) is 1. The third-order valence-electron chi connectivity index (χ3n) is 2.47. The summed E-state index contributed by atoms with van der Waals surface area (Å²) >= 11 is 6.21. The molecule has 90 valence electrons. The Morgan fingerprint density at radius 2 is 2.06 bits per heavy atom. The van der Waals surface area contributed by atoms with Gasteiger partial charge in [0.25, 0.3) is 0 Å². The molecule has 1 rings (SSSR count). The summed E-state index contributed by atoms with van der Waals surface area (Å²) in [5.41, 5.74) is 7.82. The van der Waals surface area contributed by atoms with E-state index in [4.69, 9.17) is 17.3 Å². The lowest BCUT2D eigenvalue weighted by Gasteiger charge is -2.19. The van der Waals surface area contributed by atoms with Crippen molar-refractivity contribution < 1.29 is 0 Å². The Hall–Kier alpha value is -0.570. The van der Waals surface area contributed by atoms with E-state index in [1.165, 1.54) is 5.56 Å². The minimum atomic E-state index is 0.543. The van der Waals surface area contributed by atoms with Crippen molar-refractivity contribution in [2.75, 3.05) is 13.6 Å². The van der Waals surface area contributed by atoms with E-state index < -0.39 is 0 Å². The topological polar surface area (TPSA) is 29.3 Å². The highest BCUT2D eigenvalue weighted by Gasteiger charge is 2.06. The largest absolute Gasteiger partial charge is 0.326 e. The van der Waals surface area contributed by atoms with Crippen molar-refractivity contribution in [2.45, 2.75) is 26.9 Å². The minimum absolute atomic E-state index is 0.543. The number of halogens is 1. The average molecular weight is 241 g/mol. The Bertz CT molecular complexity index is 337. The second-order valence-corrected chi connectivity index (χ2v) is 5.13. The van der Waals surface area contributed by atoms with Crippen LogP contribution in [-0.4, -0.2) is 18.5 Å². The second kappa shape index (κ2) is 6.24. The second-order valence-electron chi connectivity index (χ2n) is 4.72. The molecule has 0 aliphatic carbocycles. The third-order valence-corrected chi connectivity index (χ3v) is 2.82. The van der Waals surface area contributed by atoms with Crippen molar-refractivity contribution >= 4 is 11.6 Å². The first-order valence-electron chi connectivity index (χ1n) is 5.68. The van der Waals surface area contributed by atoms with E-state index >= 15 is 0 Å². The SMILES string of the molecule is CC(C)CN(C)Cc1ccc(CN)cc1Cl. The smallest absolute Gasteiger partial charge is 0.0454 e. The highest BCUT2D eigenvalue weighted by molar-refractivity contribution is 6.31. The monoisotopic (exact) mass is 240 g/mol. The molecule has 0 heterocycles. The van der Waals surface area contributed by atoms with Gasteiger partial charge in [0, 0.05) is 24.7 Å². The molecule has 0 bridgehead atoms. The van der Waals surface area contributed by atoms with Gasteiger partial charge in [0.05, 0.1) is 0 Å². The van der Waals surface area contributed by atoms with Crippen molar-refractivity contribution in [3.05, 3.63) is 34.3 Å². The zero-order valence-electron chi connectivity index (χ0n) is 10.3. The predicted molar refractivity (Wildman–Crippen MR) is 70.5 cm³/mol. The van der Waals surface area contributed by atoms with Crippen LogP contribution in [0.5, 0.6) is 0 Å². The molecule has 2 N–H and O–H groups in total. The Kier molecular flexibility index (Phi) is 5.26. The molecule has 1 aromatic carbocycles. The molecular weight excluding hydrogens is 220 g/mol. The summed E-state index contributed by atoms with van der Waals surface area (Å²) in [7, 11) is 2.12. The van der Waals surface area contributed by atoms with Gasteiger partial charge in [-0.25, -0.2) is 0 Å². The van der Waals surface area contributed by atoms with Crippen LogP contribution in [0.3, 0.4) is 0 Å². The number of nitrogens with two attached hydrogens (primary N) is 1. The van der Waals surface area contributed by atoms with Gasteiger partial charge in [-0.3, -0.25) is 0 Å². The summed E-state index contributed by atoms with van der Waals surface area (Å²) in [6, 6.07) is 6.08. The molecule has 0 fully saturated rings. The van der Waals surface area contributed by atoms with Crippen LogP contribution in [-0.2, 0) is 13.1 Å². The molecule has 0 unspecified atom stereocenters. The maximum absolute atomic E-state index is 6.21. The molecule has 0 atom stereocenters. The molecule has 0 amide bonds. The highest BCUT2D eigenvalue weighted by atomic mass is 35.5. The van der Waals surface area contributed by atoms with Gasteiger partial charge in [0.15, 0.2) is 0 Å². The first-order chi connectivity index (χ1) is 7.52. The zero-order chi connectivity index (χ0) is 12.1. The summed E-state index contributed by atoms with van der Waals surface area (Å²) in [4.78, 5) is 2.29. The van der Waals surface area contributed by atoms with Crippen LogP contribution in [0.25, 0.3) is 0 Å². The van der Waals surface area contributed by atoms with E-state index in [0.717, 1.165) is 23.7 Å². The van der Waals surface area contributed by atoms with Crippen molar-refractivity contribution in [1.82, 2.24) is 4.90 Å². The van der Waals surface area contributed by atoms with Crippen LogP contribution in [0.2, 0.25) is 5.02 Å². The minimum Gasteiger partial charge on any atom is -0.326 e. The van der Waals surface area contributed by atoms with E-state index in [1.54, 1.807) is 0 Å². The van der Waals surface area contributed by atoms with Gasteiger partial charge < -0.3 is 10.6 Å². The quantitative estimate of drug-likeness (QED) is 0.858.